The number of H-pyrrole nitrogens is 1. The number of piperazine rings is 1. The Hall–Kier alpha value is -2.15. The molecule has 1 aliphatic rings. The highest BCUT2D eigenvalue weighted by atomic mass is 32.1. The monoisotopic (exact) mass is 332 g/mol. The number of amides is 2. The number of nitrogens with zero attached hydrogens (tertiary/aromatic N) is 3. The van der Waals surface area contributed by atoms with Crippen LogP contribution in [0.5, 0.6) is 0 Å². The molecule has 2 aromatic rings. The molecule has 3 rings (SSSR count). The van der Waals surface area contributed by atoms with Crippen LogP contribution in [-0.2, 0) is 11.2 Å². The third-order valence-corrected chi connectivity index (χ3v) is 5.15. The quantitative estimate of drug-likeness (QED) is 0.926. The van der Waals surface area contributed by atoms with Gasteiger partial charge in [-0.15, -0.1) is 11.3 Å². The van der Waals surface area contributed by atoms with Gasteiger partial charge in [-0.05, 0) is 25.5 Å². The first kappa shape index (κ1) is 15.7. The lowest BCUT2D eigenvalue weighted by molar-refractivity contribution is -0.132. The van der Waals surface area contributed by atoms with Gasteiger partial charge in [0.2, 0.25) is 5.91 Å². The fourth-order valence-corrected chi connectivity index (χ4v) is 3.52. The van der Waals surface area contributed by atoms with Crippen LogP contribution in [-0.4, -0.2) is 57.8 Å². The Morgan fingerprint density at radius 3 is 2.61 bits per heavy atom. The second kappa shape index (κ2) is 6.95. The SMILES string of the molecule is Cc1ncsc1CCC(=O)N1CCN(C(=O)c2ccc[nH]2)CC1. The van der Waals surface area contributed by atoms with Crippen LogP contribution in [0.4, 0.5) is 0 Å². The molecule has 0 unspecified atom stereocenters. The first-order valence-electron chi connectivity index (χ1n) is 7.74. The Morgan fingerprint density at radius 1 is 1.26 bits per heavy atom. The zero-order valence-electron chi connectivity index (χ0n) is 13.1. The molecule has 0 aromatic carbocycles. The van der Waals surface area contributed by atoms with E-state index in [9.17, 15) is 9.59 Å². The van der Waals surface area contributed by atoms with Crippen molar-refractivity contribution < 1.29 is 9.59 Å². The number of aromatic nitrogens is 2. The Morgan fingerprint density at radius 2 is 2.00 bits per heavy atom. The molecule has 0 radical (unpaired) electrons. The average molecular weight is 332 g/mol. The van der Waals surface area contributed by atoms with Gasteiger partial charge in [0, 0.05) is 43.7 Å². The van der Waals surface area contributed by atoms with Gasteiger partial charge in [0.25, 0.3) is 5.91 Å². The molecular weight excluding hydrogens is 312 g/mol. The van der Waals surface area contributed by atoms with Crippen LogP contribution in [0.1, 0.15) is 27.5 Å². The fraction of sp³-hybridized carbons (Fsp3) is 0.438. The average Bonchev–Trinajstić information content (AvgIpc) is 3.24. The van der Waals surface area contributed by atoms with Crippen molar-refractivity contribution in [3.8, 4) is 0 Å². The van der Waals surface area contributed by atoms with E-state index in [2.05, 4.69) is 9.97 Å². The zero-order chi connectivity index (χ0) is 16.2. The third-order valence-electron chi connectivity index (χ3n) is 4.16. The van der Waals surface area contributed by atoms with E-state index in [1.807, 2.05) is 23.4 Å². The summed E-state index contributed by atoms with van der Waals surface area (Å²) < 4.78 is 0. The number of nitrogens with one attached hydrogen (secondary N) is 1. The van der Waals surface area contributed by atoms with Crippen molar-refractivity contribution >= 4 is 23.2 Å². The smallest absolute Gasteiger partial charge is 0.270 e. The van der Waals surface area contributed by atoms with Gasteiger partial charge in [-0.25, -0.2) is 4.98 Å². The van der Waals surface area contributed by atoms with Crippen LogP contribution in [0.25, 0.3) is 0 Å². The van der Waals surface area contributed by atoms with Gasteiger partial charge < -0.3 is 14.8 Å². The van der Waals surface area contributed by atoms with E-state index in [1.165, 1.54) is 4.88 Å². The Labute approximate surface area is 139 Å². The minimum absolute atomic E-state index is 0.00221. The number of aryl methyl sites for hydroxylation is 2. The highest BCUT2D eigenvalue weighted by molar-refractivity contribution is 7.09. The van der Waals surface area contributed by atoms with Crippen LogP contribution in [0.3, 0.4) is 0 Å². The molecule has 2 aromatic heterocycles. The molecule has 0 atom stereocenters. The zero-order valence-corrected chi connectivity index (χ0v) is 13.9. The fourth-order valence-electron chi connectivity index (χ4n) is 2.74. The van der Waals surface area contributed by atoms with E-state index in [-0.39, 0.29) is 11.8 Å². The molecule has 1 fully saturated rings. The van der Waals surface area contributed by atoms with E-state index < -0.39 is 0 Å². The van der Waals surface area contributed by atoms with Gasteiger partial charge in [-0.2, -0.15) is 0 Å². The lowest BCUT2D eigenvalue weighted by atomic mass is 10.2. The predicted octanol–water partition coefficient (Wildman–Crippen LogP) is 1.70. The number of hydrogen-bond donors (Lipinski definition) is 1. The summed E-state index contributed by atoms with van der Waals surface area (Å²) in [5.74, 6) is 0.159. The van der Waals surface area contributed by atoms with Crippen molar-refractivity contribution in [1.29, 1.82) is 0 Å². The molecule has 7 heteroatoms. The molecule has 0 saturated carbocycles. The van der Waals surface area contributed by atoms with Crippen LogP contribution in [0, 0.1) is 6.92 Å². The first-order valence-corrected chi connectivity index (χ1v) is 8.62. The van der Waals surface area contributed by atoms with Gasteiger partial charge >= 0.3 is 0 Å². The Bertz CT molecular complexity index is 672. The standard InChI is InChI=1S/C16H20N4O2S/c1-12-14(23-11-18-12)4-5-15(21)19-7-9-20(10-8-19)16(22)13-3-2-6-17-13/h2-3,6,11,17H,4-5,7-10H2,1H3. The number of thiazole rings is 1. The number of carbonyl (C=O) groups is 2. The molecule has 23 heavy (non-hydrogen) atoms. The van der Waals surface area contributed by atoms with Crippen LogP contribution in [0.15, 0.2) is 23.8 Å². The summed E-state index contributed by atoms with van der Waals surface area (Å²) in [6, 6.07) is 3.59. The number of carbonyl (C=O) groups excluding carboxylic acids is 2. The maximum absolute atomic E-state index is 12.3. The Kier molecular flexibility index (Phi) is 4.76. The Balaban J connectivity index is 1.47. The van der Waals surface area contributed by atoms with E-state index >= 15 is 0 Å². The van der Waals surface area contributed by atoms with Gasteiger partial charge in [0.15, 0.2) is 0 Å². The van der Waals surface area contributed by atoms with Crippen molar-refractivity contribution in [1.82, 2.24) is 19.8 Å². The summed E-state index contributed by atoms with van der Waals surface area (Å²) in [6.45, 7) is 4.35. The molecule has 0 bridgehead atoms. The minimum atomic E-state index is 0.00221. The molecule has 6 nitrogen and oxygen atoms in total. The van der Waals surface area contributed by atoms with E-state index in [1.54, 1.807) is 28.5 Å². The second-order valence-electron chi connectivity index (χ2n) is 5.62. The summed E-state index contributed by atoms with van der Waals surface area (Å²) in [6.07, 6.45) is 3.00. The maximum Gasteiger partial charge on any atom is 0.270 e. The van der Waals surface area contributed by atoms with Crippen molar-refractivity contribution in [2.24, 2.45) is 0 Å². The van der Waals surface area contributed by atoms with E-state index in [4.69, 9.17) is 0 Å². The summed E-state index contributed by atoms with van der Waals surface area (Å²) in [7, 11) is 0. The van der Waals surface area contributed by atoms with Gasteiger partial charge in [-0.3, -0.25) is 9.59 Å². The van der Waals surface area contributed by atoms with Crippen molar-refractivity contribution in [2.75, 3.05) is 26.2 Å². The molecule has 122 valence electrons. The lowest BCUT2D eigenvalue weighted by Gasteiger charge is -2.34. The van der Waals surface area contributed by atoms with Crippen molar-refractivity contribution in [3.63, 3.8) is 0 Å². The van der Waals surface area contributed by atoms with Crippen molar-refractivity contribution in [2.45, 2.75) is 19.8 Å². The molecular formula is C16H20N4O2S. The topological polar surface area (TPSA) is 69.3 Å². The normalized spacial score (nSPS) is 15.0. The second-order valence-corrected chi connectivity index (χ2v) is 6.56. The molecule has 1 aliphatic heterocycles. The molecule has 1 N–H and O–H groups in total. The van der Waals surface area contributed by atoms with Crippen LogP contribution in [0.2, 0.25) is 0 Å². The molecule has 2 amide bonds. The summed E-state index contributed by atoms with van der Waals surface area (Å²) >= 11 is 1.60. The summed E-state index contributed by atoms with van der Waals surface area (Å²) in [5, 5.41) is 0. The van der Waals surface area contributed by atoms with Crippen LogP contribution >= 0.6 is 11.3 Å². The van der Waals surface area contributed by atoms with Gasteiger partial charge in [0.05, 0.1) is 11.2 Å². The number of rotatable bonds is 4. The lowest BCUT2D eigenvalue weighted by Crippen LogP contribution is -2.50. The first-order chi connectivity index (χ1) is 11.1. The van der Waals surface area contributed by atoms with Gasteiger partial charge in [0.1, 0.15) is 5.69 Å². The van der Waals surface area contributed by atoms with E-state index in [0.29, 0.717) is 38.3 Å². The summed E-state index contributed by atoms with van der Waals surface area (Å²) in [4.78, 5) is 36.5. The molecule has 0 aliphatic carbocycles. The number of aromatic amines is 1. The highest BCUT2D eigenvalue weighted by Gasteiger charge is 2.25. The largest absolute Gasteiger partial charge is 0.357 e. The minimum Gasteiger partial charge on any atom is -0.357 e. The summed E-state index contributed by atoms with van der Waals surface area (Å²) in [5.41, 5.74) is 3.44. The van der Waals surface area contributed by atoms with Crippen LogP contribution < -0.4 is 0 Å². The van der Waals surface area contributed by atoms with Gasteiger partial charge in [-0.1, -0.05) is 0 Å². The van der Waals surface area contributed by atoms with E-state index in [0.717, 1.165) is 12.1 Å². The molecule has 0 spiro atoms. The highest BCUT2D eigenvalue weighted by Crippen LogP contribution is 2.15. The molecule has 1 saturated heterocycles. The molecule has 3 heterocycles. The third kappa shape index (κ3) is 3.61. The van der Waals surface area contributed by atoms with Crippen molar-refractivity contribution in [3.05, 3.63) is 40.1 Å². The maximum atomic E-state index is 12.3. The predicted molar refractivity (Wildman–Crippen MR) is 88.4 cm³/mol. The number of hydrogen-bond acceptors (Lipinski definition) is 4.